The van der Waals surface area contributed by atoms with Crippen molar-refractivity contribution in [3.05, 3.63) is 52.4 Å². The molecule has 27 heavy (non-hydrogen) atoms. The maximum absolute atomic E-state index is 5.46. The van der Waals surface area contributed by atoms with Crippen LogP contribution in [0.25, 0.3) is 0 Å². The van der Waals surface area contributed by atoms with Crippen molar-refractivity contribution in [1.29, 1.82) is 0 Å². The number of rotatable bonds is 7. The first-order valence-corrected chi connectivity index (χ1v) is 10.3. The topological polar surface area (TPSA) is 62.5 Å². The second-order valence-corrected chi connectivity index (χ2v) is 7.57. The molecule has 1 aromatic heterocycles. The molecule has 0 saturated heterocycles. The van der Waals surface area contributed by atoms with E-state index in [2.05, 4.69) is 60.8 Å². The summed E-state index contributed by atoms with van der Waals surface area (Å²) in [5.74, 6) is 4.14. The number of nitrogens with one attached hydrogen (secondary N) is 2. The molecule has 1 fully saturated rings. The lowest BCUT2D eigenvalue weighted by molar-refractivity contribution is 0.380. The molecule has 2 aliphatic rings. The summed E-state index contributed by atoms with van der Waals surface area (Å²) in [7, 11) is 0. The normalized spacial score (nSPS) is 23.1. The number of fused-ring (bicyclic) bond motifs is 3. The predicted molar refractivity (Wildman–Crippen MR) is 108 cm³/mol. The average molecular weight is 367 g/mol. The van der Waals surface area contributed by atoms with E-state index in [0.717, 1.165) is 66.7 Å². The van der Waals surface area contributed by atoms with E-state index >= 15 is 0 Å². The zero-order valence-electron chi connectivity index (χ0n) is 16.6. The van der Waals surface area contributed by atoms with E-state index in [1.54, 1.807) is 11.1 Å². The molecule has 2 aliphatic carbocycles. The highest BCUT2D eigenvalue weighted by molar-refractivity contribution is 5.79. The Morgan fingerprint density at radius 3 is 2.81 bits per heavy atom. The quantitative estimate of drug-likeness (QED) is 0.582. The highest BCUT2D eigenvalue weighted by Gasteiger charge is 2.54. The number of benzene rings is 1. The van der Waals surface area contributed by atoms with Crippen LogP contribution in [0.4, 0.5) is 0 Å². The van der Waals surface area contributed by atoms with Crippen LogP contribution < -0.4 is 10.6 Å². The minimum absolute atomic E-state index is 0.617. The molecule has 0 spiro atoms. The number of aliphatic imine (C=N–C) groups is 1. The van der Waals surface area contributed by atoms with E-state index in [1.807, 2.05) is 0 Å². The van der Waals surface area contributed by atoms with Crippen LogP contribution in [0, 0.1) is 11.8 Å². The monoisotopic (exact) mass is 366 g/mol. The van der Waals surface area contributed by atoms with Gasteiger partial charge in [-0.1, -0.05) is 43.3 Å². The van der Waals surface area contributed by atoms with E-state index in [4.69, 9.17) is 9.52 Å². The third kappa shape index (κ3) is 3.47. The molecule has 1 aromatic carbocycles. The van der Waals surface area contributed by atoms with E-state index in [1.165, 1.54) is 6.42 Å². The third-order valence-electron chi connectivity index (χ3n) is 6.05. The molecule has 2 N–H and O–H groups in total. The fourth-order valence-electron chi connectivity index (χ4n) is 4.59. The molecular weight excluding hydrogens is 336 g/mol. The first kappa shape index (κ1) is 18.1. The summed E-state index contributed by atoms with van der Waals surface area (Å²) in [4.78, 5) is 4.81. The van der Waals surface area contributed by atoms with Crippen molar-refractivity contribution in [3.63, 3.8) is 0 Å². The van der Waals surface area contributed by atoms with Gasteiger partial charge in [-0.2, -0.15) is 0 Å². The van der Waals surface area contributed by atoms with Gasteiger partial charge in [0.15, 0.2) is 5.96 Å². The summed E-state index contributed by atoms with van der Waals surface area (Å²) < 4.78 is 5.46. The Hall–Kier alpha value is -2.30. The van der Waals surface area contributed by atoms with Gasteiger partial charge in [0, 0.05) is 25.1 Å². The van der Waals surface area contributed by atoms with Crippen molar-refractivity contribution in [3.8, 4) is 0 Å². The van der Waals surface area contributed by atoms with Gasteiger partial charge in [-0.05, 0) is 48.6 Å². The summed E-state index contributed by atoms with van der Waals surface area (Å²) >= 11 is 0. The second kappa shape index (κ2) is 7.75. The summed E-state index contributed by atoms with van der Waals surface area (Å²) in [6, 6.07) is 8.93. The van der Waals surface area contributed by atoms with E-state index in [0.29, 0.717) is 6.54 Å². The van der Waals surface area contributed by atoms with Gasteiger partial charge >= 0.3 is 0 Å². The van der Waals surface area contributed by atoms with Gasteiger partial charge in [0.1, 0.15) is 5.76 Å². The van der Waals surface area contributed by atoms with Gasteiger partial charge < -0.3 is 15.2 Å². The van der Waals surface area contributed by atoms with Crippen LogP contribution in [0.2, 0.25) is 0 Å². The fourth-order valence-corrected chi connectivity index (χ4v) is 4.59. The first-order chi connectivity index (χ1) is 13.3. The zero-order valence-corrected chi connectivity index (χ0v) is 16.6. The van der Waals surface area contributed by atoms with E-state index < -0.39 is 0 Å². The van der Waals surface area contributed by atoms with Crippen LogP contribution in [0.1, 0.15) is 54.8 Å². The van der Waals surface area contributed by atoms with Gasteiger partial charge in [0.25, 0.3) is 0 Å². The molecule has 0 radical (unpaired) electrons. The van der Waals surface area contributed by atoms with Crippen LogP contribution in [-0.4, -0.2) is 24.2 Å². The third-order valence-corrected chi connectivity index (χ3v) is 6.05. The van der Waals surface area contributed by atoms with Crippen LogP contribution >= 0.6 is 0 Å². The lowest BCUT2D eigenvalue weighted by Crippen LogP contribution is -2.38. The van der Waals surface area contributed by atoms with Crippen molar-refractivity contribution in [1.82, 2.24) is 15.8 Å². The van der Waals surface area contributed by atoms with Crippen LogP contribution in [0.15, 0.2) is 33.8 Å². The van der Waals surface area contributed by atoms with Crippen LogP contribution in [0.5, 0.6) is 0 Å². The summed E-state index contributed by atoms with van der Waals surface area (Å²) in [5.41, 5.74) is 5.30. The molecule has 144 valence electrons. The lowest BCUT2D eigenvalue weighted by Gasteiger charge is -2.13. The Labute approximate surface area is 161 Å². The Balaban J connectivity index is 1.38. The zero-order chi connectivity index (χ0) is 18.8. The second-order valence-electron chi connectivity index (χ2n) is 7.57. The predicted octanol–water partition coefficient (Wildman–Crippen LogP) is 3.44. The van der Waals surface area contributed by atoms with Gasteiger partial charge in [-0.25, -0.2) is 4.99 Å². The van der Waals surface area contributed by atoms with Gasteiger partial charge in [-0.15, -0.1) is 0 Å². The van der Waals surface area contributed by atoms with Crippen molar-refractivity contribution < 1.29 is 4.52 Å². The minimum atomic E-state index is 0.617. The SMILES string of the molecule is CCNC(=NCc1c(CC)noc1CC)NCC1C2Cc3ccccc3C12. The molecule has 3 unspecified atom stereocenters. The summed E-state index contributed by atoms with van der Waals surface area (Å²) in [6.45, 7) is 8.77. The molecule has 1 heterocycles. The lowest BCUT2D eigenvalue weighted by atomic mass is 10.0. The highest BCUT2D eigenvalue weighted by Crippen LogP contribution is 2.60. The van der Waals surface area contributed by atoms with Gasteiger partial charge in [0.05, 0.1) is 12.2 Å². The molecule has 0 aliphatic heterocycles. The molecule has 4 rings (SSSR count). The summed E-state index contributed by atoms with van der Waals surface area (Å²) in [5, 5.41) is 11.1. The molecular formula is C22H30N4O. The molecule has 5 nitrogen and oxygen atoms in total. The van der Waals surface area contributed by atoms with Crippen molar-refractivity contribution in [2.24, 2.45) is 16.8 Å². The van der Waals surface area contributed by atoms with E-state index in [-0.39, 0.29) is 0 Å². The molecule has 5 heteroatoms. The van der Waals surface area contributed by atoms with Crippen LogP contribution in [0.3, 0.4) is 0 Å². The molecule has 2 aromatic rings. The highest BCUT2D eigenvalue weighted by atomic mass is 16.5. The van der Waals surface area contributed by atoms with Crippen molar-refractivity contribution in [2.75, 3.05) is 13.1 Å². The van der Waals surface area contributed by atoms with Gasteiger partial charge in [0.2, 0.25) is 0 Å². The number of aromatic nitrogens is 1. The maximum Gasteiger partial charge on any atom is 0.191 e. The van der Waals surface area contributed by atoms with Crippen LogP contribution in [-0.2, 0) is 25.8 Å². The molecule has 0 bridgehead atoms. The number of hydrogen-bond donors (Lipinski definition) is 2. The Morgan fingerprint density at radius 1 is 1.19 bits per heavy atom. The number of aryl methyl sites for hydroxylation is 2. The van der Waals surface area contributed by atoms with Gasteiger partial charge in [-0.3, -0.25) is 0 Å². The average Bonchev–Trinajstić information content (AvgIpc) is 3.04. The molecule has 0 amide bonds. The number of guanidine groups is 1. The summed E-state index contributed by atoms with van der Waals surface area (Å²) in [6.07, 6.45) is 2.97. The standard InChI is InChI=1S/C22H30N4O/c1-4-19-18(20(5-2)27-26-19)13-25-22(23-6-3)24-12-17-16-11-14-9-7-8-10-15(14)21(16)17/h7-10,16-17,21H,4-6,11-13H2,1-3H3,(H2,23,24,25). The first-order valence-electron chi connectivity index (χ1n) is 10.3. The maximum atomic E-state index is 5.46. The Kier molecular flexibility index (Phi) is 5.19. The largest absolute Gasteiger partial charge is 0.361 e. The minimum Gasteiger partial charge on any atom is -0.361 e. The fraction of sp³-hybridized carbons (Fsp3) is 0.545. The van der Waals surface area contributed by atoms with Crippen molar-refractivity contribution >= 4 is 5.96 Å². The van der Waals surface area contributed by atoms with Crippen molar-refractivity contribution in [2.45, 2.75) is 52.5 Å². The number of hydrogen-bond acceptors (Lipinski definition) is 3. The molecule has 1 saturated carbocycles. The number of nitrogens with zero attached hydrogens (tertiary/aromatic N) is 2. The molecule has 3 atom stereocenters. The Morgan fingerprint density at radius 2 is 2.04 bits per heavy atom. The van der Waals surface area contributed by atoms with E-state index in [9.17, 15) is 0 Å². The smallest absolute Gasteiger partial charge is 0.191 e. The Bertz CT molecular complexity index is 804.